The van der Waals surface area contributed by atoms with Gasteiger partial charge in [0.15, 0.2) is 0 Å². The molecule has 2 rings (SSSR count). The van der Waals surface area contributed by atoms with Crippen molar-refractivity contribution in [3.63, 3.8) is 0 Å². The molecule has 2 atom stereocenters. The summed E-state index contributed by atoms with van der Waals surface area (Å²) in [4.78, 5) is 21.9. The third-order valence-electron chi connectivity index (χ3n) is 4.50. The number of nitro benzene ring substituents is 1. The zero-order valence-electron chi connectivity index (χ0n) is 16.4. The van der Waals surface area contributed by atoms with Gasteiger partial charge in [0.25, 0.3) is 5.69 Å². The van der Waals surface area contributed by atoms with Crippen LogP contribution in [0.4, 0.5) is 18.9 Å². The molecule has 0 aliphatic heterocycles. The van der Waals surface area contributed by atoms with Crippen LogP contribution in [0.25, 0.3) is 0 Å². The molecule has 0 radical (unpaired) electrons. The summed E-state index contributed by atoms with van der Waals surface area (Å²) in [5, 5.41) is 10.7. The van der Waals surface area contributed by atoms with Gasteiger partial charge in [-0.05, 0) is 42.2 Å². The minimum absolute atomic E-state index is 0.0840. The number of benzene rings is 2. The van der Waals surface area contributed by atoms with E-state index in [2.05, 4.69) is 9.46 Å². The number of esters is 1. The Morgan fingerprint density at radius 1 is 1.13 bits per heavy atom. The number of alkyl halides is 3. The molecule has 2 aromatic rings. The zero-order chi connectivity index (χ0) is 23.4. The molecule has 8 nitrogen and oxygen atoms in total. The van der Waals surface area contributed by atoms with Crippen LogP contribution in [-0.4, -0.2) is 32.5 Å². The highest BCUT2D eigenvalue weighted by molar-refractivity contribution is 7.89. The molecule has 0 saturated heterocycles. The summed E-state index contributed by atoms with van der Waals surface area (Å²) in [5.41, 5.74) is -0.671. The average Bonchev–Trinajstić information content (AvgIpc) is 2.71. The molecule has 12 heteroatoms. The van der Waals surface area contributed by atoms with Crippen molar-refractivity contribution in [3.05, 3.63) is 69.8 Å². The van der Waals surface area contributed by atoms with Crippen molar-refractivity contribution in [1.29, 1.82) is 0 Å². The first-order chi connectivity index (χ1) is 14.3. The molecule has 0 aliphatic carbocycles. The highest BCUT2D eigenvalue weighted by Gasteiger charge is 2.33. The summed E-state index contributed by atoms with van der Waals surface area (Å²) in [5.74, 6) is -1.57. The van der Waals surface area contributed by atoms with Gasteiger partial charge in [0, 0.05) is 12.1 Å². The molecule has 0 spiro atoms. The predicted molar refractivity (Wildman–Crippen MR) is 104 cm³/mol. The molecule has 168 valence electrons. The molecule has 1 N–H and O–H groups in total. The van der Waals surface area contributed by atoms with E-state index >= 15 is 0 Å². The molecular weight excluding hydrogens is 441 g/mol. The topological polar surface area (TPSA) is 116 Å². The van der Waals surface area contributed by atoms with Crippen molar-refractivity contribution >= 4 is 21.7 Å². The van der Waals surface area contributed by atoms with E-state index in [-0.39, 0.29) is 17.0 Å². The van der Waals surface area contributed by atoms with Crippen molar-refractivity contribution in [2.24, 2.45) is 5.92 Å². The number of carbonyl (C=O) groups is 1. The lowest BCUT2D eigenvalue weighted by Gasteiger charge is -2.23. The molecule has 0 unspecified atom stereocenters. The number of sulfonamides is 1. The van der Waals surface area contributed by atoms with Crippen LogP contribution in [0.15, 0.2) is 53.4 Å². The van der Waals surface area contributed by atoms with Gasteiger partial charge in [-0.15, -0.1) is 0 Å². The lowest BCUT2D eigenvalue weighted by molar-refractivity contribution is -0.384. The molecule has 0 aromatic heterocycles. The van der Waals surface area contributed by atoms with Crippen LogP contribution >= 0.6 is 0 Å². The number of non-ortho nitro benzene ring substituents is 1. The number of hydrogen-bond acceptors (Lipinski definition) is 6. The summed E-state index contributed by atoms with van der Waals surface area (Å²) in [6.45, 7) is 1.54. The maximum Gasteiger partial charge on any atom is 0.416 e. The van der Waals surface area contributed by atoms with E-state index < -0.39 is 44.6 Å². The maximum absolute atomic E-state index is 12.7. The summed E-state index contributed by atoms with van der Waals surface area (Å²) < 4.78 is 70.3. The number of nitro groups is 1. The highest BCUT2D eigenvalue weighted by Crippen LogP contribution is 2.29. The first-order valence-electron chi connectivity index (χ1n) is 8.86. The van der Waals surface area contributed by atoms with Gasteiger partial charge in [-0.25, -0.2) is 8.42 Å². The Bertz CT molecular complexity index is 1040. The number of nitrogens with one attached hydrogen (secondary N) is 1. The Hall–Kier alpha value is -2.99. The molecule has 0 heterocycles. The third-order valence-corrected chi connectivity index (χ3v) is 5.96. The van der Waals surface area contributed by atoms with Crippen molar-refractivity contribution < 1.29 is 36.0 Å². The average molecular weight is 460 g/mol. The fraction of sp³-hybridized carbons (Fsp3) is 0.316. The monoisotopic (exact) mass is 460 g/mol. The molecule has 0 aliphatic rings. The molecule has 0 saturated carbocycles. The van der Waals surface area contributed by atoms with Crippen LogP contribution in [0.2, 0.25) is 0 Å². The number of carbonyl (C=O) groups excluding carboxylic acids is 1. The quantitative estimate of drug-likeness (QED) is 0.367. The number of rotatable bonds is 8. The Kier molecular flexibility index (Phi) is 7.39. The highest BCUT2D eigenvalue weighted by atomic mass is 32.2. The van der Waals surface area contributed by atoms with Crippen LogP contribution in [-0.2, 0) is 32.2 Å². The third kappa shape index (κ3) is 6.25. The summed E-state index contributed by atoms with van der Waals surface area (Å²) in [6, 6.07) is 7.02. The Morgan fingerprint density at radius 2 is 1.68 bits per heavy atom. The van der Waals surface area contributed by atoms with Gasteiger partial charge >= 0.3 is 12.1 Å². The van der Waals surface area contributed by atoms with Gasteiger partial charge in [-0.2, -0.15) is 17.9 Å². The Morgan fingerprint density at radius 3 is 2.13 bits per heavy atom. The Labute approximate surface area is 176 Å². The molecule has 31 heavy (non-hydrogen) atoms. The van der Waals surface area contributed by atoms with Gasteiger partial charge in [0.2, 0.25) is 10.0 Å². The van der Waals surface area contributed by atoms with Crippen LogP contribution in [0.3, 0.4) is 0 Å². The van der Waals surface area contributed by atoms with Crippen LogP contribution < -0.4 is 4.72 Å². The second kappa shape index (κ2) is 9.43. The summed E-state index contributed by atoms with van der Waals surface area (Å²) in [6.07, 6.45) is -4.40. The second-order valence-electron chi connectivity index (χ2n) is 6.75. The van der Waals surface area contributed by atoms with Gasteiger partial charge < -0.3 is 4.74 Å². The van der Waals surface area contributed by atoms with Crippen molar-refractivity contribution in [2.45, 2.75) is 30.5 Å². The van der Waals surface area contributed by atoms with Crippen molar-refractivity contribution in [3.8, 4) is 0 Å². The standard InChI is InChI=1S/C19H19F3N2O6S/c1-12(11-13-3-5-14(6-4-13)19(20,21)22)17(18(25)30-2)23-31(28,29)16-9-7-15(8-10-16)24(26)27/h3-10,12,17,23H,11H2,1-2H3/t12-,17-/m0/s1. The van der Waals surface area contributed by atoms with E-state index in [1.807, 2.05) is 0 Å². The van der Waals surface area contributed by atoms with Gasteiger partial charge in [0.1, 0.15) is 6.04 Å². The first-order valence-corrected chi connectivity index (χ1v) is 10.3. The zero-order valence-corrected chi connectivity index (χ0v) is 17.2. The number of methoxy groups -OCH3 is 1. The molecule has 0 bridgehead atoms. The number of halogens is 3. The predicted octanol–water partition coefficient (Wildman–Crippen LogP) is 3.31. The molecule has 2 aromatic carbocycles. The van der Waals surface area contributed by atoms with Crippen LogP contribution in [0.1, 0.15) is 18.1 Å². The molecule has 0 amide bonds. The normalized spacial score (nSPS) is 14.0. The fourth-order valence-corrected chi connectivity index (χ4v) is 4.12. The smallest absolute Gasteiger partial charge is 0.416 e. The minimum Gasteiger partial charge on any atom is -0.468 e. The number of nitrogens with zero attached hydrogens (tertiary/aromatic N) is 1. The molecule has 0 fully saturated rings. The van der Waals surface area contributed by atoms with Crippen molar-refractivity contribution in [2.75, 3.05) is 7.11 Å². The van der Waals surface area contributed by atoms with Crippen LogP contribution in [0.5, 0.6) is 0 Å². The van der Waals surface area contributed by atoms with E-state index in [1.165, 1.54) is 19.1 Å². The number of hydrogen-bond donors (Lipinski definition) is 1. The second-order valence-corrected chi connectivity index (χ2v) is 8.46. The maximum atomic E-state index is 12.7. The minimum atomic E-state index is -4.49. The van der Waals surface area contributed by atoms with Gasteiger partial charge in [0.05, 0.1) is 22.5 Å². The lowest BCUT2D eigenvalue weighted by atomic mass is 9.94. The van der Waals surface area contributed by atoms with E-state index in [0.29, 0.717) is 5.56 Å². The van der Waals surface area contributed by atoms with Crippen LogP contribution in [0, 0.1) is 16.0 Å². The molecular formula is C19H19F3N2O6S. The van der Waals surface area contributed by atoms with E-state index in [9.17, 15) is 36.5 Å². The first kappa shape index (κ1) is 24.3. The van der Waals surface area contributed by atoms with Gasteiger partial charge in [-0.3, -0.25) is 14.9 Å². The van der Waals surface area contributed by atoms with E-state index in [1.54, 1.807) is 0 Å². The summed E-state index contributed by atoms with van der Waals surface area (Å²) in [7, 11) is -3.17. The number of ether oxygens (including phenoxy) is 1. The van der Waals surface area contributed by atoms with Gasteiger partial charge in [-0.1, -0.05) is 19.1 Å². The van der Waals surface area contributed by atoms with Crippen molar-refractivity contribution in [1.82, 2.24) is 4.72 Å². The lowest BCUT2D eigenvalue weighted by Crippen LogP contribution is -2.46. The SMILES string of the molecule is COC(=O)[C@@H](NS(=O)(=O)c1ccc([N+](=O)[O-])cc1)[C@@H](C)Cc1ccc(C(F)(F)F)cc1. The Balaban J connectivity index is 2.22. The summed E-state index contributed by atoms with van der Waals surface area (Å²) >= 11 is 0. The van der Waals surface area contributed by atoms with E-state index in [0.717, 1.165) is 43.5 Å². The largest absolute Gasteiger partial charge is 0.468 e. The fourth-order valence-electron chi connectivity index (χ4n) is 2.83. The van der Waals surface area contributed by atoms with E-state index in [4.69, 9.17) is 0 Å².